The minimum Gasteiger partial charge on any atom is -0.427 e. The van der Waals surface area contributed by atoms with Crippen molar-refractivity contribution in [2.24, 2.45) is 5.10 Å². The number of rotatable bonds is 8. The van der Waals surface area contributed by atoms with Gasteiger partial charge in [0.05, 0.1) is 16.8 Å². The molecule has 3 rings (SSSR count). The van der Waals surface area contributed by atoms with Crippen LogP contribution in [0.1, 0.15) is 18.1 Å². The van der Waals surface area contributed by atoms with Gasteiger partial charge in [0.25, 0.3) is 15.9 Å². The molecule has 0 saturated heterocycles. The van der Waals surface area contributed by atoms with Gasteiger partial charge >= 0.3 is 5.97 Å². The summed E-state index contributed by atoms with van der Waals surface area (Å²) in [5, 5.41) is 3.86. The third-order valence-corrected chi connectivity index (χ3v) is 6.34. The van der Waals surface area contributed by atoms with Gasteiger partial charge in [-0.3, -0.25) is 13.9 Å². The molecule has 0 aliphatic carbocycles. The van der Waals surface area contributed by atoms with Crippen LogP contribution in [0.5, 0.6) is 5.75 Å². The molecule has 8 nitrogen and oxygen atoms in total. The van der Waals surface area contributed by atoms with Crippen LogP contribution in [0.2, 0.25) is 0 Å². The molecule has 0 aliphatic heterocycles. The molecule has 0 spiro atoms. The van der Waals surface area contributed by atoms with Crippen LogP contribution in [0, 0.1) is 12.7 Å². The number of nitrogens with zero attached hydrogens (tertiary/aromatic N) is 2. The zero-order chi connectivity index (χ0) is 24.7. The van der Waals surface area contributed by atoms with Crippen LogP contribution in [-0.4, -0.2) is 33.1 Å². The quantitative estimate of drug-likeness (QED) is 0.229. The second-order valence-corrected chi connectivity index (χ2v) is 9.12. The van der Waals surface area contributed by atoms with Crippen molar-refractivity contribution in [3.63, 3.8) is 0 Å². The molecule has 0 heterocycles. The highest BCUT2D eigenvalue weighted by molar-refractivity contribution is 7.92. The number of hydrazone groups is 1. The van der Waals surface area contributed by atoms with E-state index in [1.54, 1.807) is 48.5 Å². The number of hydrogen-bond acceptors (Lipinski definition) is 6. The Morgan fingerprint density at radius 2 is 1.62 bits per heavy atom. The van der Waals surface area contributed by atoms with Gasteiger partial charge < -0.3 is 4.74 Å². The molecule has 0 aliphatic rings. The summed E-state index contributed by atoms with van der Waals surface area (Å²) in [6.45, 7) is 2.59. The van der Waals surface area contributed by atoms with Gasteiger partial charge in [-0.05, 0) is 73.2 Å². The largest absolute Gasteiger partial charge is 0.427 e. The molecule has 176 valence electrons. The molecule has 3 aromatic rings. The van der Waals surface area contributed by atoms with E-state index in [0.29, 0.717) is 11.3 Å². The lowest BCUT2D eigenvalue weighted by molar-refractivity contribution is -0.131. The fourth-order valence-electron chi connectivity index (χ4n) is 2.89. The minimum absolute atomic E-state index is 0.154. The lowest BCUT2D eigenvalue weighted by atomic mass is 10.2. The van der Waals surface area contributed by atoms with E-state index in [9.17, 15) is 22.4 Å². The zero-order valence-corrected chi connectivity index (χ0v) is 19.3. The van der Waals surface area contributed by atoms with Crippen molar-refractivity contribution in [3.05, 3.63) is 89.7 Å². The van der Waals surface area contributed by atoms with E-state index in [2.05, 4.69) is 10.5 Å². The maximum Gasteiger partial charge on any atom is 0.308 e. The fraction of sp³-hybridized carbons (Fsp3) is 0.125. The maximum absolute atomic E-state index is 13.3. The topological polar surface area (TPSA) is 105 Å². The predicted molar refractivity (Wildman–Crippen MR) is 126 cm³/mol. The van der Waals surface area contributed by atoms with Crippen molar-refractivity contribution in [2.75, 3.05) is 10.8 Å². The number of nitrogens with one attached hydrogen (secondary N) is 1. The molecule has 0 saturated carbocycles. The summed E-state index contributed by atoms with van der Waals surface area (Å²) in [5.74, 6) is -1.33. The molecule has 0 fully saturated rings. The number of esters is 1. The van der Waals surface area contributed by atoms with Crippen molar-refractivity contribution < 1.29 is 27.1 Å². The number of carbonyl (C=O) groups excluding carboxylic acids is 2. The van der Waals surface area contributed by atoms with Gasteiger partial charge in [-0.2, -0.15) is 5.10 Å². The molecular formula is C24H22FN3O5S. The van der Waals surface area contributed by atoms with Crippen LogP contribution in [0.3, 0.4) is 0 Å². The first-order valence-corrected chi connectivity index (χ1v) is 11.5. The average Bonchev–Trinajstić information content (AvgIpc) is 2.79. The van der Waals surface area contributed by atoms with Crippen LogP contribution < -0.4 is 14.5 Å². The zero-order valence-electron chi connectivity index (χ0n) is 18.4. The summed E-state index contributed by atoms with van der Waals surface area (Å²) in [5.41, 5.74) is 4.10. The predicted octanol–water partition coefficient (Wildman–Crippen LogP) is 3.41. The van der Waals surface area contributed by atoms with Gasteiger partial charge in [0, 0.05) is 6.92 Å². The highest BCUT2D eigenvalue weighted by Gasteiger charge is 2.27. The first-order chi connectivity index (χ1) is 16.1. The number of hydrogen-bond donors (Lipinski definition) is 1. The number of anilines is 1. The normalized spacial score (nSPS) is 11.3. The minimum atomic E-state index is -4.16. The van der Waals surface area contributed by atoms with E-state index in [0.717, 1.165) is 34.1 Å². The third kappa shape index (κ3) is 6.48. The molecule has 0 aromatic heterocycles. The summed E-state index contributed by atoms with van der Waals surface area (Å²) in [6, 6.07) is 17.4. The van der Waals surface area contributed by atoms with Gasteiger partial charge in [-0.1, -0.05) is 17.7 Å². The number of benzene rings is 3. The van der Waals surface area contributed by atoms with Gasteiger partial charge in [-0.15, -0.1) is 0 Å². The van der Waals surface area contributed by atoms with Crippen LogP contribution in [0.4, 0.5) is 10.1 Å². The van der Waals surface area contributed by atoms with E-state index in [1.165, 1.54) is 13.1 Å². The smallest absolute Gasteiger partial charge is 0.308 e. The SMILES string of the molecule is CC(=O)Oc1ccc(/C=N\NC(=O)CN(c2ccc(C)cc2)S(=O)(=O)c2ccc(F)cc2)cc1. The lowest BCUT2D eigenvalue weighted by Gasteiger charge is -2.23. The average molecular weight is 484 g/mol. The summed E-state index contributed by atoms with van der Waals surface area (Å²) < 4.78 is 45.6. The molecule has 10 heteroatoms. The monoisotopic (exact) mass is 483 g/mol. The number of halogens is 1. The highest BCUT2D eigenvalue weighted by atomic mass is 32.2. The van der Waals surface area contributed by atoms with Crippen molar-refractivity contribution >= 4 is 33.8 Å². The Bertz CT molecular complexity index is 1290. The van der Waals surface area contributed by atoms with Crippen molar-refractivity contribution in [3.8, 4) is 5.75 Å². The Morgan fingerprint density at radius 3 is 2.21 bits per heavy atom. The number of amides is 1. The Hall–Kier alpha value is -4.05. The maximum atomic E-state index is 13.3. The molecular weight excluding hydrogens is 461 g/mol. The number of aryl methyl sites for hydroxylation is 1. The van der Waals surface area contributed by atoms with Gasteiger partial charge in [0.15, 0.2) is 0 Å². The van der Waals surface area contributed by atoms with Crippen LogP contribution >= 0.6 is 0 Å². The first-order valence-electron chi connectivity index (χ1n) is 10.1. The molecule has 0 radical (unpaired) electrons. The van der Waals surface area contributed by atoms with E-state index >= 15 is 0 Å². The number of sulfonamides is 1. The summed E-state index contributed by atoms with van der Waals surface area (Å²) in [4.78, 5) is 23.4. The second-order valence-electron chi connectivity index (χ2n) is 7.26. The molecule has 0 atom stereocenters. The Labute approximate surface area is 196 Å². The van der Waals surface area contributed by atoms with Crippen LogP contribution in [0.25, 0.3) is 0 Å². The fourth-order valence-corrected chi connectivity index (χ4v) is 4.31. The van der Waals surface area contributed by atoms with Gasteiger partial charge in [0.1, 0.15) is 18.1 Å². The molecule has 34 heavy (non-hydrogen) atoms. The molecule has 0 unspecified atom stereocenters. The first kappa shape index (κ1) is 24.6. The number of ether oxygens (including phenoxy) is 1. The summed E-state index contributed by atoms with van der Waals surface area (Å²) in [7, 11) is -4.16. The van der Waals surface area contributed by atoms with Gasteiger partial charge in [0.2, 0.25) is 0 Å². The Balaban J connectivity index is 1.76. The summed E-state index contributed by atoms with van der Waals surface area (Å²) >= 11 is 0. The van der Waals surface area contributed by atoms with Crippen molar-refractivity contribution in [1.29, 1.82) is 0 Å². The Kier molecular flexibility index (Phi) is 7.75. The van der Waals surface area contributed by atoms with Crippen LogP contribution in [0.15, 0.2) is 82.8 Å². The van der Waals surface area contributed by atoms with Gasteiger partial charge in [-0.25, -0.2) is 18.2 Å². The molecule has 0 bridgehead atoms. The Morgan fingerprint density at radius 1 is 1.00 bits per heavy atom. The molecule has 1 amide bonds. The highest BCUT2D eigenvalue weighted by Crippen LogP contribution is 2.24. The lowest BCUT2D eigenvalue weighted by Crippen LogP contribution is -2.39. The summed E-state index contributed by atoms with van der Waals surface area (Å²) in [6.07, 6.45) is 1.36. The van der Waals surface area contributed by atoms with E-state index < -0.39 is 34.3 Å². The van der Waals surface area contributed by atoms with E-state index in [1.807, 2.05) is 6.92 Å². The van der Waals surface area contributed by atoms with E-state index in [-0.39, 0.29) is 10.6 Å². The number of carbonyl (C=O) groups is 2. The van der Waals surface area contributed by atoms with Crippen molar-refractivity contribution in [2.45, 2.75) is 18.7 Å². The third-order valence-electron chi connectivity index (χ3n) is 4.56. The molecule has 1 N–H and O–H groups in total. The second kappa shape index (κ2) is 10.7. The van der Waals surface area contributed by atoms with Crippen molar-refractivity contribution in [1.82, 2.24) is 5.43 Å². The standard InChI is InChI=1S/C24H22FN3O5S/c1-17-3-9-21(10-4-17)28(34(31,32)23-13-7-20(25)8-14-23)16-24(30)27-26-15-19-5-11-22(12-6-19)33-18(2)29/h3-15H,16H2,1-2H3,(H,27,30)/b26-15-. The van der Waals surface area contributed by atoms with E-state index in [4.69, 9.17) is 4.74 Å². The molecule has 3 aromatic carbocycles. The van der Waals surface area contributed by atoms with Crippen LogP contribution in [-0.2, 0) is 19.6 Å².